The Bertz CT molecular complexity index is 532. The van der Waals surface area contributed by atoms with Crippen LogP contribution in [0.4, 0.5) is 0 Å². The van der Waals surface area contributed by atoms with E-state index >= 15 is 0 Å². The van der Waals surface area contributed by atoms with Gasteiger partial charge in [0.15, 0.2) is 0 Å². The highest BCUT2D eigenvalue weighted by molar-refractivity contribution is 8.76. The summed E-state index contributed by atoms with van der Waals surface area (Å²) in [6.45, 7) is 8.76. The van der Waals surface area contributed by atoms with E-state index in [4.69, 9.17) is 0 Å². The third-order valence-electron chi connectivity index (χ3n) is 3.95. The van der Waals surface area contributed by atoms with Crippen LogP contribution in [-0.4, -0.2) is 50.6 Å². The summed E-state index contributed by atoms with van der Waals surface area (Å²) in [5.74, 6) is 0.177. The Morgan fingerprint density at radius 3 is 2.22 bits per heavy atom. The molecule has 0 spiro atoms. The maximum absolute atomic E-state index is 12.3. The molecule has 5 nitrogen and oxygen atoms in total. The van der Waals surface area contributed by atoms with Crippen LogP contribution in [0.5, 0.6) is 0 Å². The first-order valence-corrected chi connectivity index (χ1v) is 12.0. The van der Waals surface area contributed by atoms with Crippen molar-refractivity contribution < 1.29 is 15.0 Å². The number of aryl methyl sites for hydroxylation is 1. The smallest absolute Gasteiger partial charge is 0.222 e. The SMILES string of the molecule is CC.CSSC(C)(C)CCC(=O)N(C)CCCc1cc(CO)nc(CO)c1. The third kappa shape index (κ3) is 11.0. The summed E-state index contributed by atoms with van der Waals surface area (Å²) in [6, 6.07) is 3.70. The van der Waals surface area contributed by atoms with Crippen molar-refractivity contribution in [1.82, 2.24) is 9.88 Å². The number of carbonyl (C=O) groups is 1. The molecule has 0 bridgehead atoms. The molecular weight excluding hydrogens is 380 g/mol. The molecule has 1 aromatic heterocycles. The van der Waals surface area contributed by atoms with Gasteiger partial charge in [0.1, 0.15) is 0 Å². The van der Waals surface area contributed by atoms with Crippen LogP contribution in [-0.2, 0) is 24.4 Å². The Balaban J connectivity index is 0.00000326. The molecule has 2 N–H and O–H groups in total. The molecule has 0 saturated carbocycles. The number of nitrogens with zero attached hydrogens (tertiary/aromatic N) is 2. The molecule has 7 heteroatoms. The molecule has 0 aromatic carbocycles. The van der Waals surface area contributed by atoms with E-state index in [1.165, 1.54) is 0 Å². The van der Waals surface area contributed by atoms with Gasteiger partial charge in [-0.25, -0.2) is 0 Å². The van der Waals surface area contributed by atoms with Crippen LogP contribution in [0.15, 0.2) is 12.1 Å². The van der Waals surface area contributed by atoms with Crippen molar-refractivity contribution in [3.8, 4) is 0 Å². The lowest BCUT2D eigenvalue weighted by Gasteiger charge is -2.24. The van der Waals surface area contributed by atoms with Gasteiger partial charge in [-0.2, -0.15) is 0 Å². The van der Waals surface area contributed by atoms with Crippen molar-refractivity contribution >= 4 is 27.5 Å². The highest BCUT2D eigenvalue weighted by atomic mass is 33.1. The summed E-state index contributed by atoms with van der Waals surface area (Å²) in [4.78, 5) is 18.2. The summed E-state index contributed by atoms with van der Waals surface area (Å²) < 4.78 is 0.106. The Morgan fingerprint density at radius 2 is 1.74 bits per heavy atom. The van der Waals surface area contributed by atoms with Gasteiger partial charge in [0.2, 0.25) is 5.91 Å². The number of aliphatic hydroxyl groups is 2. The first-order chi connectivity index (χ1) is 12.8. The minimum absolute atomic E-state index is 0.106. The zero-order chi connectivity index (χ0) is 20.9. The second-order valence-electron chi connectivity index (χ2n) is 6.70. The van der Waals surface area contributed by atoms with Gasteiger partial charge in [0.05, 0.1) is 24.6 Å². The van der Waals surface area contributed by atoms with E-state index in [9.17, 15) is 15.0 Å². The van der Waals surface area contributed by atoms with Crippen LogP contribution in [0.2, 0.25) is 0 Å². The molecule has 0 atom stereocenters. The zero-order valence-electron chi connectivity index (χ0n) is 17.6. The maximum atomic E-state index is 12.3. The lowest BCUT2D eigenvalue weighted by atomic mass is 10.1. The van der Waals surface area contributed by atoms with Crippen molar-refractivity contribution in [3.63, 3.8) is 0 Å². The standard InChI is InChI=1S/C18H30N2O3S2.C2H6/c1-18(2,25-24-4)8-7-17(23)20(3)9-5-6-14-10-15(12-21)19-16(11-14)13-22;1-2/h10-11,21-22H,5-9,12-13H2,1-4H3;1-2H3. The van der Waals surface area contributed by atoms with Gasteiger partial charge in [-0.05, 0) is 57.1 Å². The molecular formula is C20H36N2O3S2. The largest absolute Gasteiger partial charge is 0.390 e. The molecule has 0 unspecified atom stereocenters. The van der Waals surface area contributed by atoms with E-state index in [0.29, 0.717) is 24.4 Å². The maximum Gasteiger partial charge on any atom is 0.222 e. The normalized spacial score (nSPS) is 11.0. The number of amides is 1. The molecule has 0 saturated heterocycles. The molecule has 0 aliphatic heterocycles. The van der Waals surface area contributed by atoms with E-state index in [2.05, 4.69) is 25.1 Å². The van der Waals surface area contributed by atoms with Gasteiger partial charge in [0, 0.05) is 24.8 Å². The van der Waals surface area contributed by atoms with E-state index in [1.807, 2.05) is 43.8 Å². The van der Waals surface area contributed by atoms with Crippen molar-refractivity contribution in [2.75, 3.05) is 19.8 Å². The fraction of sp³-hybridized carbons (Fsp3) is 0.700. The molecule has 1 heterocycles. The molecule has 1 rings (SSSR count). The van der Waals surface area contributed by atoms with Gasteiger partial charge >= 0.3 is 0 Å². The van der Waals surface area contributed by atoms with Crippen molar-refractivity contribution in [1.29, 1.82) is 0 Å². The topological polar surface area (TPSA) is 73.7 Å². The molecule has 0 aliphatic rings. The second kappa shape index (κ2) is 14.3. The Kier molecular flexibility index (Phi) is 13.9. The lowest BCUT2D eigenvalue weighted by molar-refractivity contribution is -0.130. The average Bonchev–Trinajstić information content (AvgIpc) is 2.67. The first kappa shape index (κ1) is 26.2. The summed E-state index contributed by atoms with van der Waals surface area (Å²) >= 11 is 0. The summed E-state index contributed by atoms with van der Waals surface area (Å²) in [5, 5.41) is 18.5. The van der Waals surface area contributed by atoms with E-state index < -0.39 is 0 Å². The van der Waals surface area contributed by atoms with Gasteiger partial charge in [-0.3, -0.25) is 9.78 Å². The minimum Gasteiger partial charge on any atom is -0.390 e. The minimum atomic E-state index is -0.136. The summed E-state index contributed by atoms with van der Waals surface area (Å²) in [6.07, 6.45) is 5.12. The van der Waals surface area contributed by atoms with Gasteiger partial charge < -0.3 is 15.1 Å². The first-order valence-electron chi connectivity index (χ1n) is 9.47. The Labute approximate surface area is 172 Å². The highest BCUT2D eigenvalue weighted by Crippen LogP contribution is 2.37. The number of hydrogen-bond acceptors (Lipinski definition) is 6. The lowest BCUT2D eigenvalue weighted by Crippen LogP contribution is -2.29. The zero-order valence-corrected chi connectivity index (χ0v) is 19.3. The quantitative estimate of drug-likeness (QED) is 0.530. The number of hydrogen-bond donors (Lipinski definition) is 2. The van der Waals surface area contributed by atoms with Crippen molar-refractivity contribution in [3.05, 3.63) is 29.1 Å². The fourth-order valence-electron chi connectivity index (χ4n) is 2.54. The second-order valence-corrected chi connectivity index (χ2v) is 9.81. The summed E-state index contributed by atoms with van der Waals surface area (Å²) in [7, 11) is 5.39. The average molecular weight is 417 g/mol. The molecule has 156 valence electrons. The van der Waals surface area contributed by atoms with Crippen LogP contribution >= 0.6 is 21.6 Å². The van der Waals surface area contributed by atoms with Gasteiger partial charge in [-0.1, -0.05) is 35.4 Å². The van der Waals surface area contributed by atoms with Crippen LogP contribution in [0.3, 0.4) is 0 Å². The molecule has 0 radical (unpaired) electrons. The van der Waals surface area contributed by atoms with Crippen LogP contribution < -0.4 is 0 Å². The van der Waals surface area contributed by atoms with Crippen LogP contribution in [0.1, 0.15) is 63.9 Å². The number of rotatable bonds is 11. The molecule has 1 aromatic rings. The van der Waals surface area contributed by atoms with Crippen molar-refractivity contribution in [2.24, 2.45) is 0 Å². The van der Waals surface area contributed by atoms with Crippen LogP contribution in [0.25, 0.3) is 0 Å². The fourth-order valence-corrected chi connectivity index (χ4v) is 4.78. The number of aliphatic hydroxyl groups excluding tert-OH is 2. The predicted octanol–water partition coefficient (Wildman–Crippen LogP) is 4.05. The molecule has 0 fully saturated rings. The summed E-state index contributed by atoms with van der Waals surface area (Å²) in [5.41, 5.74) is 2.17. The monoisotopic (exact) mass is 416 g/mol. The molecule has 1 amide bonds. The predicted molar refractivity (Wildman–Crippen MR) is 118 cm³/mol. The Morgan fingerprint density at radius 1 is 1.19 bits per heavy atom. The van der Waals surface area contributed by atoms with Gasteiger partial charge in [-0.15, -0.1) is 0 Å². The highest BCUT2D eigenvalue weighted by Gasteiger charge is 2.20. The van der Waals surface area contributed by atoms with E-state index in [1.54, 1.807) is 15.7 Å². The van der Waals surface area contributed by atoms with Crippen LogP contribution in [0, 0.1) is 0 Å². The third-order valence-corrected chi connectivity index (χ3v) is 6.63. The van der Waals surface area contributed by atoms with Crippen molar-refractivity contribution in [2.45, 2.75) is 71.3 Å². The van der Waals surface area contributed by atoms with Gasteiger partial charge in [0.25, 0.3) is 0 Å². The molecule has 0 aliphatic carbocycles. The number of carbonyl (C=O) groups excluding carboxylic acids is 1. The van der Waals surface area contributed by atoms with E-state index in [0.717, 1.165) is 24.8 Å². The Hall–Kier alpha value is -0.760. The van der Waals surface area contributed by atoms with E-state index in [-0.39, 0.29) is 23.9 Å². The number of aromatic nitrogens is 1. The number of pyridine rings is 1. The molecule has 27 heavy (non-hydrogen) atoms.